The molecule has 9 heterocycles. The normalized spacial score (nSPS) is 11.7. The Balaban J connectivity index is 0.982. The lowest BCUT2D eigenvalue weighted by Crippen LogP contribution is -2.02. The van der Waals surface area contributed by atoms with Gasteiger partial charge >= 0.3 is 0 Å². The predicted octanol–water partition coefficient (Wildman–Crippen LogP) is 9.42. The molecule has 9 aromatic heterocycles. The fraction of sp³-hybridized carbons (Fsp3) is 0. The highest BCUT2D eigenvalue weighted by molar-refractivity contribution is 7.09. The van der Waals surface area contributed by atoms with Crippen molar-refractivity contribution in [3.63, 3.8) is 0 Å². The van der Waals surface area contributed by atoms with Gasteiger partial charge in [-0.1, -0.05) is 70.4 Å². The lowest BCUT2D eigenvalue weighted by Gasteiger charge is -2.17. The van der Waals surface area contributed by atoms with Gasteiger partial charge < -0.3 is 9.51 Å². The molecule has 0 fully saturated rings. The summed E-state index contributed by atoms with van der Waals surface area (Å²) < 4.78 is 9.53. The number of nitrogens with one attached hydrogen (secondary N) is 2. The molecule has 0 aliphatic carbocycles. The van der Waals surface area contributed by atoms with Crippen LogP contribution < -0.4 is 0 Å². The number of benzene rings is 5. The van der Waals surface area contributed by atoms with Gasteiger partial charge in [0.05, 0.1) is 50.5 Å². The lowest BCUT2D eigenvalue weighted by atomic mass is 9.91. The van der Waals surface area contributed by atoms with E-state index in [9.17, 15) is 0 Å². The molecule has 0 atom stereocenters. The van der Waals surface area contributed by atoms with E-state index in [1.807, 2.05) is 115 Å². The first-order chi connectivity index (χ1) is 34.7. The van der Waals surface area contributed by atoms with E-state index >= 15 is 0 Å². The number of pyridine rings is 1. The Morgan fingerprint density at radius 2 is 1.27 bits per heavy atom. The van der Waals surface area contributed by atoms with Crippen LogP contribution in [0.4, 0.5) is 0 Å². The Kier molecular flexibility index (Phi) is 8.82. The van der Waals surface area contributed by atoms with Gasteiger partial charge in [-0.2, -0.15) is 5.10 Å². The monoisotopic (exact) mass is 926 g/mol. The maximum atomic E-state index is 5.45. The standard InChI is InChI=1S/C50H26N18OS/c1-3-11-31-25(8-1)22-30(42-47(58-34-14-6-5-13-33(34)57-42)49-53-23-26-9-2-4-12-32(26)59-49)39(56-31)28-16-17-36-44(64-66-62-36)38(28)27-10-7-15-35-40(27)61-50(60-35)46-41(51-20-21-52-46)29-18-19-54-63-43(29)48-45(65-68-70-48)37-24-55-67-69-37/h1-24H,(H,60,61)(H,62,64,66). The molecule has 0 bridgehead atoms. The first-order valence-corrected chi connectivity index (χ1v) is 22.4. The number of hydrogen-bond acceptors (Lipinski definition) is 18. The summed E-state index contributed by atoms with van der Waals surface area (Å²) >= 11 is 1.13. The van der Waals surface area contributed by atoms with Crippen LogP contribution in [-0.2, 0) is 0 Å². The zero-order valence-electron chi connectivity index (χ0n) is 35.8. The van der Waals surface area contributed by atoms with Crippen LogP contribution in [-0.4, -0.2) is 90.4 Å². The molecule has 19 nitrogen and oxygen atoms in total. The average molecular weight is 927 g/mol. The minimum Gasteiger partial charge on any atom is -0.337 e. The Morgan fingerprint density at radius 1 is 0.486 bits per heavy atom. The summed E-state index contributed by atoms with van der Waals surface area (Å²) in [7, 11) is 0. The van der Waals surface area contributed by atoms with Gasteiger partial charge in [-0.3, -0.25) is 10.1 Å². The highest BCUT2D eigenvalue weighted by atomic mass is 32.1. The molecule has 0 amide bonds. The van der Waals surface area contributed by atoms with Gasteiger partial charge in [0.1, 0.15) is 45.1 Å². The van der Waals surface area contributed by atoms with E-state index in [1.54, 1.807) is 18.6 Å². The van der Waals surface area contributed by atoms with Crippen molar-refractivity contribution in [3.05, 3.63) is 146 Å². The summed E-state index contributed by atoms with van der Waals surface area (Å²) in [6.45, 7) is 0. The fourth-order valence-electron chi connectivity index (χ4n) is 8.85. The number of aromatic nitrogens is 18. The maximum Gasteiger partial charge on any atom is 0.209 e. The molecule has 14 aromatic rings. The van der Waals surface area contributed by atoms with E-state index in [0.717, 1.165) is 61.1 Å². The Hall–Kier alpha value is -10.1. The van der Waals surface area contributed by atoms with E-state index in [1.165, 1.54) is 6.20 Å². The lowest BCUT2D eigenvalue weighted by molar-refractivity contribution is 0.402. The molecule has 70 heavy (non-hydrogen) atoms. The molecule has 20 heteroatoms. The summed E-state index contributed by atoms with van der Waals surface area (Å²) in [5.74, 6) is 1.23. The molecule has 0 aliphatic heterocycles. The van der Waals surface area contributed by atoms with Gasteiger partial charge in [0.2, 0.25) is 5.76 Å². The number of fused-ring (bicyclic) bond motifs is 5. The smallest absolute Gasteiger partial charge is 0.209 e. The molecule has 0 saturated carbocycles. The van der Waals surface area contributed by atoms with Gasteiger partial charge in [0.15, 0.2) is 17.3 Å². The Bertz CT molecular complexity index is 4360. The van der Waals surface area contributed by atoms with E-state index < -0.39 is 0 Å². The molecular formula is C50H26N18OS. The van der Waals surface area contributed by atoms with Gasteiger partial charge in [-0.25, -0.2) is 34.9 Å². The SMILES string of the molecule is c1ccc2nc(-c3nc4ccccc4nc3-c3cc4ccccc4nc3-c3ccc4nn[nH]c4c3-c3cccc4[nH]c(-c5nccnc5-c5ccnnc5-c5snnc5-c5cnno5)nc34)ncc2c1. The summed E-state index contributed by atoms with van der Waals surface area (Å²) in [6.07, 6.45) is 8.12. The van der Waals surface area contributed by atoms with Crippen LogP contribution in [0.3, 0.4) is 0 Å². The van der Waals surface area contributed by atoms with Crippen LogP contribution in [0.15, 0.2) is 151 Å². The van der Waals surface area contributed by atoms with Crippen molar-refractivity contribution >= 4 is 66.4 Å². The van der Waals surface area contributed by atoms with Crippen LogP contribution in [0, 0.1) is 0 Å². The van der Waals surface area contributed by atoms with Crippen molar-refractivity contribution in [1.29, 1.82) is 0 Å². The third kappa shape index (κ3) is 6.35. The maximum absolute atomic E-state index is 5.45. The van der Waals surface area contributed by atoms with Gasteiger partial charge in [0, 0.05) is 62.5 Å². The summed E-state index contributed by atoms with van der Waals surface area (Å²) in [5.41, 5.74) is 12.9. The molecule has 328 valence electrons. The van der Waals surface area contributed by atoms with E-state index in [-0.39, 0.29) is 0 Å². The predicted molar refractivity (Wildman–Crippen MR) is 261 cm³/mol. The second-order valence-corrected chi connectivity index (χ2v) is 16.8. The largest absolute Gasteiger partial charge is 0.337 e. The Morgan fingerprint density at radius 3 is 2.13 bits per heavy atom. The minimum absolute atomic E-state index is 0.335. The van der Waals surface area contributed by atoms with E-state index in [4.69, 9.17) is 44.4 Å². The quantitative estimate of drug-likeness (QED) is 0.144. The first kappa shape index (κ1) is 39.1. The topological polar surface area (TPSA) is 251 Å². The second kappa shape index (κ2) is 15.8. The van der Waals surface area contributed by atoms with E-state index in [2.05, 4.69) is 56.6 Å². The number of imidazole rings is 1. The van der Waals surface area contributed by atoms with Crippen molar-refractivity contribution in [2.75, 3.05) is 0 Å². The summed E-state index contributed by atoms with van der Waals surface area (Å²) in [4.78, 5) is 45.0. The van der Waals surface area contributed by atoms with Crippen LogP contribution >= 0.6 is 11.5 Å². The number of rotatable bonds is 8. The second-order valence-electron chi connectivity index (χ2n) is 16.0. The van der Waals surface area contributed by atoms with Crippen LogP contribution in [0.1, 0.15) is 0 Å². The van der Waals surface area contributed by atoms with Crippen LogP contribution in [0.25, 0.3) is 145 Å². The van der Waals surface area contributed by atoms with E-state index in [0.29, 0.717) is 95.3 Å². The molecular weight excluding hydrogens is 901 g/mol. The van der Waals surface area contributed by atoms with Crippen molar-refractivity contribution in [2.24, 2.45) is 0 Å². The number of H-pyrrole nitrogens is 2. The highest BCUT2D eigenvalue weighted by Gasteiger charge is 2.28. The molecule has 0 spiro atoms. The molecule has 0 aliphatic rings. The van der Waals surface area contributed by atoms with Gasteiger partial charge in [-0.05, 0) is 66.1 Å². The van der Waals surface area contributed by atoms with Gasteiger partial charge in [-0.15, -0.1) is 20.4 Å². The highest BCUT2D eigenvalue weighted by Crippen LogP contribution is 2.45. The molecule has 0 unspecified atom stereocenters. The first-order valence-electron chi connectivity index (χ1n) is 21.7. The van der Waals surface area contributed by atoms with Gasteiger partial charge in [0.25, 0.3) is 0 Å². The van der Waals surface area contributed by atoms with Crippen LogP contribution in [0.2, 0.25) is 0 Å². The number of nitrogens with zero attached hydrogens (tertiary/aromatic N) is 16. The summed E-state index contributed by atoms with van der Waals surface area (Å²) in [5, 5.41) is 34.2. The van der Waals surface area contributed by atoms with Crippen molar-refractivity contribution < 1.29 is 4.52 Å². The molecule has 14 rings (SSSR count). The third-order valence-corrected chi connectivity index (χ3v) is 12.7. The fourth-order valence-corrected chi connectivity index (χ4v) is 9.52. The zero-order chi connectivity index (χ0) is 46.1. The zero-order valence-corrected chi connectivity index (χ0v) is 36.6. The number of hydrogen-bond donors (Lipinski definition) is 2. The minimum atomic E-state index is 0.335. The van der Waals surface area contributed by atoms with Crippen molar-refractivity contribution in [3.8, 4) is 90.0 Å². The van der Waals surface area contributed by atoms with Crippen molar-refractivity contribution in [2.45, 2.75) is 0 Å². The molecule has 2 N–H and O–H groups in total. The number of aromatic amines is 2. The van der Waals surface area contributed by atoms with Crippen LogP contribution in [0.5, 0.6) is 0 Å². The third-order valence-electron chi connectivity index (χ3n) is 12.0. The molecule has 0 saturated heterocycles. The van der Waals surface area contributed by atoms with Crippen molar-refractivity contribution in [1.82, 2.24) is 90.4 Å². The Labute approximate surface area is 396 Å². The molecule has 0 radical (unpaired) electrons. The number of para-hydroxylation sites is 5. The summed E-state index contributed by atoms with van der Waals surface area (Å²) in [6, 6.07) is 37.5. The average Bonchev–Trinajstić information content (AvgIpc) is 4.28. The molecule has 5 aromatic carbocycles.